The molecule has 1 aromatic rings. The van der Waals surface area contributed by atoms with Crippen LogP contribution < -0.4 is 10.1 Å². The van der Waals surface area contributed by atoms with Gasteiger partial charge in [-0.25, -0.2) is 4.98 Å². The first-order valence-electron chi connectivity index (χ1n) is 6.53. The average molecular weight is 248 g/mol. The smallest absolute Gasteiger partial charge is 0.213 e. The molecule has 1 heterocycles. The van der Waals surface area contributed by atoms with Gasteiger partial charge >= 0.3 is 0 Å². The van der Waals surface area contributed by atoms with E-state index < -0.39 is 0 Å². The number of hydrogen-bond donors (Lipinski definition) is 1. The minimum absolute atomic E-state index is 0.638. The molecule has 0 saturated carbocycles. The fourth-order valence-electron chi connectivity index (χ4n) is 1.63. The predicted molar refractivity (Wildman–Crippen MR) is 75.8 cm³/mol. The molecule has 100 valence electrons. The zero-order valence-electron chi connectivity index (χ0n) is 11.7. The Morgan fingerprint density at radius 1 is 1.44 bits per heavy atom. The number of ether oxygens (including phenoxy) is 1. The fourth-order valence-corrected chi connectivity index (χ4v) is 1.63. The third-order valence-electron chi connectivity index (χ3n) is 2.44. The van der Waals surface area contributed by atoms with Crippen molar-refractivity contribution in [2.24, 2.45) is 5.92 Å². The minimum atomic E-state index is 0.638. The van der Waals surface area contributed by atoms with Gasteiger partial charge in [0.15, 0.2) is 0 Å². The number of pyridine rings is 1. The summed E-state index contributed by atoms with van der Waals surface area (Å²) in [6.07, 6.45) is 2.69. The molecule has 1 N–H and O–H groups in total. The summed E-state index contributed by atoms with van der Waals surface area (Å²) in [7, 11) is 0. The molecule has 0 spiro atoms. The summed E-state index contributed by atoms with van der Waals surface area (Å²) in [6, 6.07) is 4.09. The molecule has 0 radical (unpaired) electrons. The second-order valence-electron chi connectivity index (χ2n) is 4.91. The van der Waals surface area contributed by atoms with Crippen LogP contribution in [0.5, 0.6) is 5.88 Å². The van der Waals surface area contributed by atoms with Crippen LogP contribution in [-0.2, 0) is 6.54 Å². The molecule has 1 aromatic heterocycles. The number of rotatable bonds is 8. The van der Waals surface area contributed by atoms with E-state index in [2.05, 4.69) is 36.8 Å². The Balaban J connectivity index is 2.54. The topological polar surface area (TPSA) is 34.1 Å². The molecule has 3 heteroatoms. The molecule has 0 aliphatic carbocycles. The van der Waals surface area contributed by atoms with Crippen molar-refractivity contribution < 1.29 is 4.74 Å². The maximum Gasteiger partial charge on any atom is 0.213 e. The van der Waals surface area contributed by atoms with Gasteiger partial charge in [-0.15, -0.1) is 6.58 Å². The molecule has 0 bridgehead atoms. The van der Waals surface area contributed by atoms with E-state index in [1.54, 1.807) is 0 Å². The van der Waals surface area contributed by atoms with Gasteiger partial charge in [0.25, 0.3) is 0 Å². The van der Waals surface area contributed by atoms with Crippen molar-refractivity contribution in [3.05, 3.63) is 36.0 Å². The Labute approximate surface area is 110 Å². The van der Waals surface area contributed by atoms with Gasteiger partial charge in [-0.2, -0.15) is 0 Å². The van der Waals surface area contributed by atoms with Crippen LogP contribution in [0.1, 0.15) is 31.5 Å². The van der Waals surface area contributed by atoms with Crippen LogP contribution in [0, 0.1) is 12.8 Å². The van der Waals surface area contributed by atoms with Crippen LogP contribution in [0.4, 0.5) is 0 Å². The lowest BCUT2D eigenvalue weighted by Crippen LogP contribution is -2.19. The monoisotopic (exact) mass is 248 g/mol. The van der Waals surface area contributed by atoms with Crippen molar-refractivity contribution in [3.8, 4) is 5.88 Å². The molecule has 0 unspecified atom stereocenters. The first-order chi connectivity index (χ1) is 8.61. The number of aryl methyl sites for hydroxylation is 1. The summed E-state index contributed by atoms with van der Waals surface area (Å²) in [5.41, 5.74) is 2.21. The Hall–Kier alpha value is -1.35. The Morgan fingerprint density at radius 3 is 2.89 bits per heavy atom. The minimum Gasteiger partial charge on any atom is -0.477 e. The van der Waals surface area contributed by atoms with E-state index in [9.17, 15) is 0 Å². The van der Waals surface area contributed by atoms with Crippen molar-refractivity contribution >= 4 is 0 Å². The van der Waals surface area contributed by atoms with Gasteiger partial charge < -0.3 is 10.1 Å². The maximum absolute atomic E-state index is 5.59. The van der Waals surface area contributed by atoms with Crippen molar-refractivity contribution in [2.45, 2.75) is 33.7 Å². The molecule has 18 heavy (non-hydrogen) atoms. The average Bonchev–Trinajstić information content (AvgIpc) is 2.28. The molecule has 0 aliphatic rings. The summed E-state index contributed by atoms with van der Waals surface area (Å²) in [5, 5.41) is 3.42. The number of nitrogens with zero attached hydrogens (tertiary/aromatic N) is 1. The van der Waals surface area contributed by atoms with Gasteiger partial charge in [0.2, 0.25) is 5.88 Å². The van der Waals surface area contributed by atoms with Crippen LogP contribution in [0.25, 0.3) is 0 Å². The van der Waals surface area contributed by atoms with E-state index >= 15 is 0 Å². The lowest BCUT2D eigenvalue weighted by Gasteiger charge is -2.10. The van der Waals surface area contributed by atoms with E-state index in [-0.39, 0.29) is 0 Å². The van der Waals surface area contributed by atoms with Gasteiger partial charge in [-0.1, -0.05) is 19.9 Å². The highest BCUT2D eigenvalue weighted by molar-refractivity contribution is 5.24. The lowest BCUT2D eigenvalue weighted by molar-refractivity contribution is 0.311. The van der Waals surface area contributed by atoms with Crippen LogP contribution in [0.3, 0.4) is 0 Å². The first kappa shape index (κ1) is 14.7. The third kappa shape index (κ3) is 5.82. The molecule has 0 aliphatic heterocycles. The van der Waals surface area contributed by atoms with Gasteiger partial charge in [0.05, 0.1) is 6.61 Å². The second-order valence-corrected chi connectivity index (χ2v) is 4.91. The normalized spacial score (nSPS) is 10.7. The second kappa shape index (κ2) is 7.88. The van der Waals surface area contributed by atoms with E-state index in [1.807, 2.05) is 19.1 Å². The molecule has 1 rings (SSSR count). The SMILES string of the molecule is C=CCCOc1cc(CNCC(C)C)cc(C)n1. The van der Waals surface area contributed by atoms with E-state index in [1.165, 1.54) is 5.56 Å². The Kier molecular flexibility index (Phi) is 6.44. The standard InChI is InChI=1S/C15H24N2O/c1-5-6-7-18-15-9-14(8-13(4)17-15)11-16-10-12(2)3/h5,8-9,12,16H,1,6-7,10-11H2,2-4H3. The molecular weight excluding hydrogens is 224 g/mol. The molecule has 0 amide bonds. The fraction of sp³-hybridized carbons (Fsp3) is 0.533. The summed E-state index contributed by atoms with van der Waals surface area (Å²) < 4.78 is 5.59. The number of hydrogen-bond acceptors (Lipinski definition) is 3. The molecule has 0 aromatic carbocycles. The zero-order valence-corrected chi connectivity index (χ0v) is 11.7. The lowest BCUT2D eigenvalue weighted by atomic mass is 10.2. The Bertz CT molecular complexity index is 375. The van der Waals surface area contributed by atoms with Gasteiger partial charge in [0.1, 0.15) is 0 Å². The molecule has 3 nitrogen and oxygen atoms in total. The van der Waals surface area contributed by atoms with E-state index in [4.69, 9.17) is 4.74 Å². The number of aromatic nitrogens is 1. The molecular formula is C15H24N2O. The molecule has 0 atom stereocenters. The van der Waals surface area contributed by atoms with Crippen molar-refractivity contribution in [3.63, 3.8) is 0 Å². The van der Waals surface area contributed by atoms with E-state index in [0.717, 1.165) is 25.2 Å². The summed E-state index contributed by atoms with van der Waals surface area (Å²) in [5.74, 6) is 1.37. The van der Waals surface area contributed by atoms with Crippen molar-refractivity contribution in [1.82, 2.24) is 10.3 Å². The summed E-state index contributed by atoms with van der Waals surface area (Å²) in [6.45, 7) is 12.6. The highest BCUT2D eigenvalue weighted by atomic mass is 16.5. The van der Waals surface area contributed by atoms with Gasteiger partial charge in [-0.3, -0.25) is 0 Å². The molecule has 0 fully saturated rings. The predicted octanol–water partition coefficient (Wildman–Crippen LogP) is 3.09. The van der Waals surface area contributed by atoms with Crippen molar-refractivity contribution in [2.75, 3.05) is 13.2 Å². The third-order valence-corrected chi connectivity index (χ3v) is 2.44. The van der Waals surface area contributed by atoms with E-state index in [0.29, 0.717) is 18.4 Å². The van der Waals surface area contributed by atoms with Crippen LogP contribution in [-0.4, -0.2) is 18.1 Å². The van der Waals surface area contributed by atoms with Gasteiger partial charge in [0, 0.05) is 18.3 Å². The summed E-state index contributed by atoms with van der Waals surface area (Å²) >= 11 is 0. The largest absolute Gasteiger partial charge is 0.477 e. The van der Waals surface area contributed by atoms with Crippen LogP contribution >= 0.6 is 0 Å². The quantitative estimate of drug-likeness (QED) is 0.567. The summed E-state index contributed by atoms with van der Waals surface area (Å²) in [4.78, 5) is 4.36. The maximum atomic E-state index is 5.59. The highest BCUT2D eigenvalue weighted by Gasteiger charge is 2.02. The number of nitrogens with one attached hydrogen (secondary N) is 1. The van der Waals surface area contributed by atoms with Crippen LogP contribution in [0.15, 0.2) is 24.8 Å². The first-order valence-corrected chi connectivity index (χ1v) is 6.53. The van der Waals surface area contributed by atoms with Crippen LogP contribution in [0.2, 0.25) is 0 Å². The van der Waals surface area contributed by atoms with Crippen molar-refractivity contribution in [1.29, 1.82) is 0 Å². The Morgan fingerprint density at radius 2 is 2.22 bits per heavy atom. The highest BCUT2D eigenvalue weighted by Crippen LogP contribution is 2.12. The van der Waals surface area contributed by atoms with Gasteiger partial charge in [-0.05, 0) is 37.4 Å². The zero-order chi connectivity index (χ0) is 13.4. The molecule has 0 saturated heterocycles.